The zero-order valence-electron chi connectivity index (χ0n) is 20.7. The minimum Gasteiger partial charge on any atom is -0.490 e. The number of carbonyl (C=O) groups excluding carboxylic acids is 2. The van der Waals surface area contributed by atoms with E-state index < -0.39 is 5.97 Å². The first-order valence-electron chi connectivity index (χ1n) is 11.6. The first-order valence-corrected chi connectivity index (χ1v) is 11.9. The zero-order valence-corrected chi connectivity index (χ0v) is 21.5. The van der Waals surface area contributed by atoms with Gasteiger partial charge in [-0.3, -0.25) is 4.79 Å². The quantitative estimate of drug-likeness (QED) is 0.159. The summed E-state index contributed by atoms with van der Waals surface area (Å²) in [5, 5.41) is 4.52. The molecule has 1 N–H and O–H groups in total. The lowest BCUT2D eigenvalue weighted by Gasteiger charge is -2.12. The molecule has 0 fully saturated rings. The maximum absolute atomic E-state index is 12.4. The Labute approximate surface area is 216 Å². The average Bonchev–Trinajstić information content (AvgIpc) is 2.85. The van der Waals surface area contributed by atoms with E-state index in [1.54, 1.807) is 42.5 Å². The summed E-state index contributed by atoms with van der Waals surface area (Å²) in [6.45, 7) is 8.17. The van der Waals surface area contributed by atoms with Crippen LogP contribution in [0.1, 0.15) is 53.7 Å². The monoisotopic (exact) mass is 508 g/mol. The maximum Gasteiger partial charge on any atom is 0.343 e. The molecule has 0 radical (unpaired) electrons. The van der Waals surface area contributed by atoms with Crippen molar-refractivity contribution in [1.82, 2.24) is 5.43 Å². The Morgan fingerprint density at radius 1 is 0.972 bits per heavy atom. The molecule has 36 heavy (non-hydrogen) atoms. The fourth-order valence-electron chi connectivity index (χ4n) is 3.19. The van der Waals surface area contributed by atoms with Gasteiger partial charge in [0.1, 0.15) is 5.75 Å². The van der Waals surface area contributed by atoms with Crippen LogP contribution in [0.3, 0.4) is 0 Å². The highest BCUT2D eigenvalue weighted by Crippen LogP contribution is 2.29. The Hall–Kier alpha value is -3.84. The van der Waals surface area contributed by atoms with Gasteiger partial charge < -0.3 is 14.2 Å². The van der Waals surface area contributed by atoms with Crippen molar-refractivity contribution in [2.75, 3.05) is 13.2 Å². The summed E-state index contributed by atoms with van der Waals surface area (Å²) in [6, 6.07) is 17.4. The number of carbonyl (C=O) groups is 2. The Bertz CT molecular complexity index is 1240. The van der Waals surface area contributed by atoms with E-state index in [2.05, 4.69) is 30.4 Å². The van der Waals surface area contributed by atoms with Crippen molar-refractivity contribution in [2.24, 2.45) is 5.10 Å². The number of nitrogens with zero attached hydrogens (tertiary/aromatic N) is 1. The summed E-state index contributed by atoms with van der Waals surface area (Å²) in [7, 11) is 0. The normalized spacial score (nSPS) is 10.9. The van der Waals surface area contributed by atoms with Gasteiger partial charge in [0.25, 0.3) is 5.91 Å². The highest BCUT2D eigenvalue weighted by molar-refractivity contribution is 6.30. The highest BCUT2D eigenvalue weighted by atomic mass is 35.5. The SMILES string of the molecule is CCOc1cc(C=NNC(=O)COc2cc(C(C)C)ccc2C)ccc1OC(=O)c1ccc(Cl)cc1. The van der Waals surface area contributed by atoms with Crippen molar-refractivity contribution in [3.63, 3.8) is 0 Å². The van der Waals surface area contributed by atoms with Crippen LogP contribution in [0, 0.1) is 6.92 Å². The van der Waals surface area contributed by atoms with Crippen LogP contribution in [0.2, 0.25) is 5.02 Å². The largest absolute Gasteiger partial charge is 0.490 e. The Balaban J connectivity index is 1.60. The van der Waals surface area contributed by atoms with Gasteiger partial charge in [-0.1, -0.05) is 37.6 Å². The molecule has 0 bridgehead atoms. The van der Waals surface area contributed by atoms with Crippen LogP contribution < -0.4 is 19.6 Å². The average molecular weight is 509 g/mol. The number of benzene rings is 3. The number of ether oxygens (including phenoxy) is 3. The predicted octanol–water partition coefficient (Wildman–Crippen LogP) is 5.92. The molecule has 0 heterocycles. The fraction of sp³-hybridized carbons (Fsp3) is 0.250. The number of amides is 1. The fourth-order valence-corrected chi connectivity index (χ4v) is 3.31. The van der Waals surface area contributed by atoms with Crippen molar-refractivity contribution in [3.05, 3.63) is 87.9 Å². The lowest BCUT2D eigenvalue weighted by Crippen LogP contribution is -2.24. The van der Waals surface area contributed by atoms with E-state index >= 15 is 0 Å². The molecular formula is C28H29ClN2O5. The molecule has 1 amide bonds. The molecule has 0 aliphatic heterocycles. The van der Waals surface area contributed by atoms with E-state index in [0.29, 0.717) is 40.2 Å². The second kappa shape index (κ2) is 12.7. The minimum atomic E-state index is -0.532. The third-order valence-electron chi connectivity index (χ3n) is 5.19. The van der Waals surface area contributed by atoms with Crippen molar-refractivity contribution < 1.29 is 23.8 Å². The van der Waals surface area contributed by atoms with Crippen molar-refractivity contribution in [2.45, 2.75) is 33.6 Å². The first kappa shape index (κ1) is 26.8. The second-order valence-corrected chi connectivity index (χ2v) is 8.73. The smallest absolute Gasteiger partial charge is 0.343 e. The summed E-state index contributed by atoms with van der Waals surface area (Å²) in [5.41, 5.74) is 5.56. The molecule has 0 saturated heterocycles. The van der Waals surface area contributed by atoms with Gasteiger partial charge in [0, 0.05) is 5.02 Å². The van der Waals surface area contributed by atoms with Gasteiger partial charge in [-0.15, -0.1) is 0 Å². The minimum absolute atomic E-state index is 0.163. The number of rotatable bonds is 10. The van der Waals surface area contributed by atoms with Crippen LogP contribution in [0.15, 0.2) is 65.8 Å². The molecule has 0 aromatic heterocycles. The van der Waals surface area contributed by atoms with Crippen LogP contribution in [0.25, 0.3) is 0 Å². The molecule has 0 spiro atoms. The number of halogens is 1. The predicted molar refractivity (Wildman–Crippen MR) is 141 cm³/mol. The molecule has 7 nitrogen and oxygen atoms in total. The maximum atomic E-state index is 12.4. The van der Waals surface area contributed by atoms with Crippen LogP contribution >= 0.6 is 11.6 Å². The first-order chi connectivity index (χ1) is 17.3. The number of hydrazone groups is 1. The van der Waals surface area contributed by atoms with Crippen LogP contribution in [-0.2, 0) is 4.79 Å². The molecular weight excluding hydrogens is 480 g/mol. The molecule has 0 unspecified atom stereocenters. The van der Waals surface area contributed by atoms with Gasteiger partial charge in [-0.25, -0.2) is 10.2 Å². The molecule has 8 heteroatoms. The summed E-state index contributed by atoms with van der Waals surface area (Å²) < 4.78 is 16.8. The molecule has 0 atom stereocenters. The standard InChI is InChI=1S/C28H29ClN2O5/c1-5-34-26-14-20(7-13-24(26)36-28(33)21-9-11-23(29)12-10-21)16-30-31-27(32)17-35-25-15-22(18(2)3)8-6-19(25)4/h6-16,18H,5,17H2,1-4H3,(H,31,32). The van der Waals surface area contributed by atoms with Gasteiger partial charge >= 0.3 is 5.97 Å². The van der Waals surface area contributed by atoms with Crippen LogP contribution in [0.4, 0.5) is 0 Å². The number of aryl methyl sites for hydroxylation is 1. The molecule has 3 aromatic rings. The molecule has 0 aliphatic carbocycles. The van der Waals surface area contributed by atoms with E-state index in [-0.39, 0.29) is 18.3 Å². The van der Waals surface area contributed by atoms with E-state index in [9.17, 15) is 9.59 Å². The number of hydrogen-bond donors (Lipinski definition) is 1. The van der Waals surface area contributed by atoms with Gasteiger partial charge in [-0.05, 0) is 85.0 Å². The van der Waals surface area contributed by atoms with E-state index in [4.69, 9.17) is 25.8 Å². The topological polar surface area (TPSA) is 86.2 Å². The molecule has 0 saturated carbocycles. The number of esters is 1. The molecule has 3 aromatic carbocycles. The summed E-state index contributed by atoms with van der Waals surface area (Å²) in [5.74, 6) is 0.754. The summed E-state index contributed by atoms with van der Waals surface area (Å²) in [6.07, 6.45) is 1.47. The summed E-state index contributed by atoms with van der Waals surface area (Å²) >= 11 is 5.87. The third kappa shape index (κ3) is 7.58. The lowest BCUT2D eigenvalue weighted by atomic mass is 10.0. The zero-order chi connectivity index (χ0) is 26.1. The van der Waals surface area contributed by atoms with Crippen LogP contribution in [-0.4, -0.2) is 31.3 Å². The second-order valence-electron chi connectivity index (χ2n) is 8.30. The summed E-state index contributed by atoms with van der Waals surface area (Å²) in [4.78, 5) is 24.6. The highest BCUT2D eigenvalue weighted by Gasteiger charge is 2.13. The van der Waals surface area contributed by atoms with Crippen LogP contribution in [0.5, 0.6) is 17.2 Å². The van der Waals surface area contributed by atoms with Crippen molar-refractivity contribution in [1.29, 1.82) is 0 Å². The Kier molecular flexibility index (Phi) is 9.47. The molecule has 0 aliphatic rings. The lowest BCUT2D eigenvalue weighted by molar-refractivity contribution is -0.123. The third-order valence-corrected chi connectivity index (χ3v) is 5.44. The van der Waals surface area contributed by atoms with Crippen molar-refractivity contribution >= 4 is 29.7 Å². The van der Waals surface area contributed by atoms with E-state index in [1.807, 2.05) is 26.0 Å². The van der Waals surface area contributed by atoms with Gasteiger partial charge in [0.2, 0.25) is 0 Å². The van der Waals surface area contributed by atoms with Gasteiger partial charge in [0.15, 0.2) is 18.1 Å². The van der Waals surface area contributed by atoms with Gasteiger partial charge in [-0.2, -0.15) is 5.10 Å². The van der Waals surface area contributed by atoms with E-state index in [0.717, 1.165) is 11.1 Å². The van der Waals surface area contributed by atoms with Gasteiger partial charge in [0.05, 0.1) is 18.4 Å². The van der Waals surface area contributed by atoms with E-state index in [1.165, 1.54) is 6.21 Å². The number of nitrogens with one attached hydrogen (secondary N) is 1. The molecule has 3 rings (SSSR count). The van der Waals surface area contributed by atoms with Crippen molar-refractivity contribution in [3.8, 4) is 17.2 Å². The Morgan fingerprint density at radius 3 is 2.42 bits per heavy atom. The molecule has 188 valence electrons. The Morgan fingerprint density at radius 2 is 1.72 bits per heavy atom. The number of hydrogen-bond acceptors (Lipinski definition) is 6.